The molecule has 2 saturated heterocycles. The van der Waals surface area contributed by atoms with E-state index in [4.69, 9.17) is 0 Å². The highest BCUT2D eigenvalue weighted by Crippen LogP contribution is 2.32. The van der Waals surface area contributed by atoms with Crippen LogP contribution in [-0.2, 0) is 20.8 Å². The van der Waals surface area contributed by atoms with E-state index in [-0.39, 0.29) is 29.8 Å². The minimum Gasteiger partial charge on any atom is -0.368 e. The second-order valence-corrected chi connectivity index (χ2v) is 9.12. The average Bonchev–Trinajstić information content (AvgIpc) is 2.93. The summed E-state index contributed by atoms with van der Waals surface area (Å²) < 4.78 is 61.5. The number of carbonyl (C=O) groups is 1. The van der Waals surface area contributed by atoms with Gasteiger partial charge in [-0.25, -0.2) is 8.42 Å². The Morgan fingerprint density at radius 2 is 1.85 bits per heavy atom. The highest BCUT2D eigenvalue weighted by molar-refractivity contribution is 7.91. The number of anilines is 1. The first kappa shape index (κ1) is 19.0. The Bertz CT molecular complexity index is 772. The molecule has 1 amide bonds. The SMILES string of the molecule is O=C(CC1CCS(=O)(=O)C1)N1CCN(c2cccc(C(F)(F)F)c2)CC1. The molecule has 5 nitrogen and oxygen atoms in total. The molecule has 2 heterocycles. The highest BCUT2D eigenvalue weighted by atomic mass is 32.2. The molecule has 0 aliphatic carbocycles. The lowest BCUT2D eigenvalue weighted by Crippen LogP contribution is -2.49. The fraction of sp³-hybridized carbons (Fsp3) is 0.588. The zero-order valence-corrected chi connectivity index (χ0v) is 15.0. The summed E-state index contributed by atoms with van der Waals surface area (Å²) in [5, 5.41) is 0. The lowest BCUT2D eigenvalue weighted by molar-refractivity contribution is -0.137. The maximum atomic E-state index is 12.8. The Kier molecular flexibility index (Phi) is 5.18. The monoisotopic (exact) mass is 390 g/mol. The lowest BCUT2D eigenvalue weighted by atomic mass is 10.0. The first-order valence-electron chi connectivity index (χ1n) is 8.54. The summed E-state index contributed by atoms with van der Waals surface area (Å²) in [5.74, 6) is 0.0294. The minimum atomic E-state index is -4.38. The number of nitrogens with zero attached hydrogens (tertiary/aromatic N) is 2. The van der Waals surface area contributed by atoms with Crippen LogP contribution in [0.5, 0.6) is 0 Å². The molecule has 0 saturated carbocycles. The normalized spacial score (nSPS) is 23.3. The first-order valence-corrected chi connectivity index (χ1v) is 10.4. The van der Waals surface area contributed by atoms with E-state index < -0.39 is 21.6 Å². The van der Waals surface area contributed by atoms with Crippen molar-refractivity contribution in [3.8, 4) is 0 Å². The van der Waals surface area contributed by atoms with Crippen LogP contribution in [0.4, 0.5) is 18.9 Å². The molecular formula is C17H21F3N2O3S. The fourth-order valence-corrected chi connectivity index (χ4v) is 5.36. The molecule has 144 valence electrons. The standard InChI is InChI=1S/C17H21F3N2O3S/c18-17(19,20)14-2-1-3-15(11-14)21-5-7-22(8-6-21)16(23)10-13-4-9-26(24,25)12-13/h1-3,11,13H,4-10,12H2. The van der Waals surface area contributed by atoms with E-state index in [1.165, 1.54) is 6.07 Å². The summed E-state index contributed by atoms with van der Waals surface area (Å²) in [5.41, 5.74) is -0.190. The van der Waals surface area contributed by atoms with Gasteiger partial charge in [0.25, 0.3) is 0 Å². The smallest absolute Gasteiger partial charge is 0.368 e. The summed E-state index contributed by atoms with van der Waals surface area (Å²) in [6.45, 7) is 1.76. The summed E-state index contributed by atoms with van der Waals surface area (Å²) in [6, 6.07) is 5.19. The van der Waals surface area contributed by atoms with Crippen molar-refractivity contribution in [2.45, 2.75) is 19.0 Å². The van der Waals surface area contributed by atoms with Crippen LogP contribution in [0.1, 0.15) is 18.4 Å². The number of hydrogen-bond acceptors (Lipinski definition) is 4. The van der Waals surface area contributed by atoms with Gasteiger partial charge in [0.05, 0.1) is 17.1 Å². The molecule has 26 heavy (non-hydrogen) atoms. The largest absolute Gasteiger partial charge is 0.416 e. The van der Waals surface area contributed by atoms with Crippen LogP contribution in [0.25, 0.3) is 0 Å². The third kappa shape index (κ3) is 4.49. The molecule has 9 heteroatoms. The van der Waals surface area contributed by atoms with Crippen LogP contribution in [0, 0.1) is 5.92 Å². The summed E-state index contributed by atoms with van der Waals surface area (Å²) >= 11 is 0. The van der Waals surface area contributed by atoms with Crippen LogP contribution in [0.2, 0.25) is 0 Å². The van der Waals surface area contributed by atoms with Gasteiger partial charge < -0.3 is 9.80 Å². The number of hydrogen-bond donors (Lipinski definition) is 0. The van der Waals surface area contributed by atoms with Crippen LogP contribution in [-0.4, -0.2) is 56.9 Å². The van der Waals surface area contributed by atoms with Gasteiger partial charge in [-0.2, -0.15) is 13.2 Å². The van der Waals surface area contributed by atoms with E-state index in [0.717, 1.165) is 12.1 Å². The number of benzene rings is 1. The Labute approximate surface area is 150 Å². The van der Waals surface area contributed by atoms with Gasteiger partial charge >= 0.3 is 6.18 Å². The number of piperazine rings is 1. The third-order valence-corrected chi connectivity index (χ3v) is 6.80. The number of sulfone groups is 1. The first-order chi connectivity index (χ1) is 12.1. The summed E-state index contributed by atoms with van der Waals surface area (Å²) in [4.78, 5) is 15.9. The maximum absolute atomic E-state index is 12.8. The Balaban J connectivity index is 1.55. The number of halogens is 3. The van der Waals surface area contributed by atoms with E-state index in [9.17, 15) is 26.4 Å². The van der Waals surface area contributed by atoms with E-state index in [2.05, 4.69) is 0 Å². The van der Waals surface area contributed by atoms with Crippen molar-refractivity contribution in [2.75, 3.05) is 42.6 Å². The van der Waals surface area contributed by atoms with Crippen LogP contribution >= 0.6 is 0 Å². The van der Waals surface area contributed by atoms with Gasteiger partial charge in [-0.05, 0) is 30.5 Å². The molecule has 2 fully saturated rings. The number of rotatable bonds is 3. The van der Waals surface area contributed by atoms with Gasteiger partial charge in [-0.3, -0.25) is 4.79 Å². The van der Waals surface area contributed by atoms with Crippen molar-refractivity contribution in [1.29, 1.82) is 0 Å². The van der Waals surface area contributed by atoms with Gasteiger partial charge in [-0.1, -0.05) is 6.07 Å². The molecule has 0 N–H and O–H groups in total. The van der Waals surface area contributed by atoms with Crippen molar-refractivity contribution < 1.29 is 26.4 Å². The zero-order valence-electron chi connectivity index (χ0n) is 14.2. The molecular weight excluding hydrogens is 369 g/mol. The zero-order chi connectivity index (χ0) is 18.9. The molecule has 3 rings (SSSR count). The molecule has 0 aromatic heterocycles. The van der Waals surface area contributed by atoms with E-state index in [1.807, 2.05) is 4.90 Å². The summed E-state index contributed by atoms with van der Waals surface area (Å²) in [6.07, 6.45) is -3.63. The molecule has 0 radical (unpaired) electrons. The lowest BCUT2D eigenvalue weighted by Gasteiger charge is -2.36. The van der Waals surface area contributed by atoms with E-state index in [1.54, 1.807) is 11.0 Å². The number of carbonyl (C=O) groups excluding carboxylic acids is 1. The van der Waals surface area contributed by atoms with Crippen LogP contribution in [0.15, 0.2) is 24.3 Å². The van der Waals surface area contributed by atoms with Crippen LogP contribution in [0.3, 0.4) is 0 Å². The molecule has 1 unspecified atom stereocenters. The van der Waals surface area contributed by atoms with Crippen molar-refractivity contribution in [3.63, 3.8) is 0 Å². The molecule has 1 aromatic carbocycles. The number of amides is 1. The predicted octanol–water partition coefficient (Wildman–Crippen LogP) is 2.18. The van der Waals surface area contributed by atoms with Gasteiger partial charge in [0.1, 0.15) is 0 Å². The molecule has 2 aliphatic rings. The van der Waals surface area contributed by atoms with Crippen molar-refractivity contribution in [1.82, 2.24) is 4.90 Å². The fourth-order valence-electron chi connectivity index (χ4n) is 3.50. The van der Waals surface area contributed by atoms with Crippen molar-refractivity contribution in [2.24, 2.45) is 5.92 Å². The maximum Gasteiger partial charge on any atom is 0.416 e. The Hall–Kier alpha value is -1.77. The van der Waals surface area contributed by atoms with E-state index in [0.29, 0.717) is 38.3 Å². The Morgan fingerprint density at radius 1 is 1.15 bits per heavy atom. The van der Waals surface area contributed by atoms with Gasteiger partial charge in [-0.15, -0.1) is 0 Å². The second kappa shape index (κ2) is 7.09. The topological polar surface area (TPSA) is 57.7 Å². The van der Waals surface area contributed by atoms with Gasteiger partial charge in [0.2, 0.25) is 5.91 Å². The predicted molar refractivity (Wildman–Crippen MR) is 91.6 cm³/mol. The molecule has 1 aromatic rings. The quantitative estimate of drug-likeness (QED) is 0.794. The van der Waals surface area contributed by atoms with E-state index >= 15 is 0 Å². The van der Waals surface area contributed by atoms with Gasteiger partial charge in [0, 0.05) is 38.3 Å². The minimum absolute atomic E-state index is 0.0724. The van der Waals surface area contributed by atoms with Gasteiger partial charge in [0.15, 0.2) is 9.84 Å². The Morgan fingerprint density at radius 3 is 2.42 bits per heavy atom. The highest BCUT2D eigenvalue weighted by Gasteiger charge is 2.33. The molecule has 1 atom stereocenters. The average molecular weight is 390 g/mol. The summed E-state index contributed by atoms with van der Waals surface area (Å²) in [7, 11) is -3.00. The molecule has 0 bridgehead atoms. The second-order valence-electron chi connectivity index (χ2n) is 6.89. The number of alkyl halides is 3. The molecule has 0 spiro atoms. The van der Waals surface area contributed by atoms with Crippen molar-refractivity contribution >= 4 is 21.4 Å². The van der Waals surface area contributed by atoms with Crippen LogP contribution < -0.4 is 4.90 Å². The third-order valence-electron chi connectivity index (χ3n) is 4.96. The molecule has 2 aliphatic heterocycles. The van der Waals surface area contributed by atoms with Crippen molar-refractivity contribution in [3.05, 3.63) is 29.8 Å².